The SMILES string of the molecule is CCNC(=NCc1cccc(COC)c1)NCCc1ccc(-n2cccn2)cc1. The van der Waals surface area contributed by atoms with Gasteiger partial charge in [-0.25, -0.2) is 9.67 Å². The molecule has 0 aliphatic heterocycles. The van der Waals surface area contributed by atoms with Gasteiger partial charge in [0, 0.05) is 32.6 Å². The molecule has 0 bridgehead atoms. The summed E-state index contributed by atoms with van der Waals surface area (Å²) >= 11 is 0. The topological polar surface area (TPSA) is 63.5 Å². The van der Waals surface area contributed by atoms with E-state index in [0.29, 0.717) is 13.2 Å². The maximum absolute atomic E-state index is 5.21. The predicted molar refractivity (Wildman–Crippen MR) is 117 cm³/mol. The number of methoxy groups -OCH3 is 1. The van der Waals surface area contributed by atoms with Crippen molar-refractivity contribution in [2.75, 3.05) is 20.2 Å². The Kier molecular flexibility index (Phi) is 7.83. The Balaban J connectivity index is 1.52. The fourth-order valence-corrected chi connectivity index (χ4v) is 3.06. The number of guanidine groups is 1. The number of aliphatic imine (C=N–C) groups is 1. The third-order valence-corrected chi connectivity index (χ3v) is 4.48. The molecule has 0 aliphatic rings. The standard InChI is InChI=1S/C23H29N5O/c1-3-24-23(26-17-20-6-4-7-21(16-20)18-29-2)25-14-12-19-8-10-22(11-9-19)28-15-5-13-27-28/h4-11,13,15-16H,3,12,14,17-18H2,1-2H3,(H2,24,25,26). The van der Waals surface area contributed by atoms with E-state index in [1.54, 1.807) is 13.3 Å². The molecule has 1 aromatic heterocycles. The van der Waals surface area contributed by atoms with Crippen LogP contribution in [0.4, 0.5) is 0 Å². The van der Waals surface area contributed by atoms with Crippen LogP contribution in [0.5, 0.6) is 0 Å². The normalized spacial score (nSPS) is 11.4. The molecule has 152 valence electrons. The van der Waals surface area contributed by atoms with Gasteiger partial charge < -0.3 is 15.4 Å². The molecule has 0 saturated carbocycles. The predicted octanol–water partition coefficient (Wildman–Crippen LogP) is 3.32. The molecule has 2 aromatic carbocycles. The Bertz CT molecular complexity index is 888. The summed E-state index contributed by atoms with van der Waals surface area (Å²) in [7, 11) is 1.71. The van der Waals surface area contributed by atoms with Crippen molar-refractivity contribution in [3.8, 4) is 5.69 Å². The zero-order valence-electron chi connectivity index (χ0n) is 17.1. The van der Waals surface area contributed by atoms with E-state index in [9.17, 15) is 0 Å². The molecule has 3 rings (SSSR count). The van der Waals surface area contributed by atoms with Gasteiger partial charge >= 0.3 is 0 Å². The van der Waals surface area contributed by atoms with Crippen LogP contribution in [0.25, 0.3) is 5.69 Å². The number of ether oxygens (including phenoxy) is 1. The van der Waals surface area contributed by atoms with E-state index >= 15 is 0 Å². The Morgan fingerprint density at radius 1 is 1.03 bits per heavy atom. The number of nitrogens with zero attached hydrogens (tertiary/aromatic N) is 3. The van der Waals surface area contributed by atoms with Crippen LogP contribution in [0.1, 0.15) is 23.6 Å². The molecule has 0 fully saturated rings. The second-order valence-electron chi connectivity index (χ2n) is 6.74. The monoisotopic (exact) mass is 391 g/mol. The molecule has 0 aliphatic carbocycles. The molecular weight excluding hydrogens is 362 g/mol. The largest absolute Gasteiger partial charge is 0.380 e. The summed E-state index contributed by atoms with van der Waals surface area (Å²) in [6.45, 7) is 4.97. The van der Waals surface area contributed by atoms with Gasteiger partial charge in [0.05, 0.1) is 18.8 Å². The molecule has 6 heteroatoms. The van der Waals surface area contributed by atoms with Gasteiger partial charge in [-0.1, -0.05) is 36.4 Å². The lowest BCUT2D eigenvalue weighted by Gasteiger charge is -2.12. The summed E-state index contributed by atoms with van der Waals surface area (Å²) in [4.78, 5) is 4.71. The van der Waals surface area contributed by atoms with Crippen molar-refractivity contribution in [3.05, 3.63) is 83.7 Å². The summed E-state index contributed by atoms with van der Waals surface area (Å²) in [6, 6.07) is 18.7. The van der Waals surface area contributed by atoms with Gasteiger partial charge in [0.2, 0.25) is 0 Å². The number of benzene rings is 2. The van der Waals surface area contributed by atoms with E-state index in [-0.39, 0.29) is 0 Å². The summed E-state index contributed by atoms with van der Waals surface area (Å²) in [6.07, 6.45) is 4.65. The van der Waals surface area contributed by atoms with Gasteiger partial charge in [-0.2, -0.15) is 5.10 Å². The number of aromatic nitrogens is 2. The lowest BCUT2D eigenvalue weighted by Crippen LogP contribution is -2.38. The molecule has 0 spiro atoms. The van der Waals surface area contributed by atoms with Crippen LogP contribution in [0, 0.1) is 0 Å². The summed E-state index contributed by atoms with van der Waals surface area (Å²) < 4.78 is 7.07. The Morgan fingerprint density at radius 2 is 1.86 bits per heavy atom. The minimum Gasteiger partial charge on any atom is -0.380 e. The van der Waals surface area contributed by atoms with Crippen molar-refractivity contribution < 1.29 is 4.74 Å². The second-order valence-corrected chi connectivity index (χ2v) is 6.74. The van der Waals surface area contributed by atoms with Crippen molar-refractivity contribution in [1.29, 1.82) is 0 Å². The van der Waals surface area contributed by atoms with Crippen LogP contribution >= 0.6 is 0 Å². The second kappa shape index (κ2) is 11.0. The average molecular weight is 392 g/mol. The minimum atomic E-state index is 0.620. The third kappa shape index (κ3) is 6.47. The number of nitrogens with one attached hydrogen (secondary N) is 2. The van der Waals surface area contributed by atoms with E-state index in [1.165, 1.54) is 11.1 Å². The number of hydrogen-bond acceptors (Lipinski definition) is 3. The highest BCUT2D eigenvalue weighted by Gasteiger charge is 2.01. The Hall–Kier alpha value is -3.12. The number of rotatable bonds is 9. The van der Waals surface area contributed by atoms with E-state index in [2.05, 4.69) is 65.1 Å². The van der Waals surface area contributed by atoms with E-state index < -0.39 is 0 Å². The molecule has 2 N–H and O–H groups in total. The first-order valence-corrected chi connectivity index (χ1v) is 9.96. The van der Waals surface area contributed by atoms with Gasteiger partial charge in [-0.15, -0.1) is 0 Å². The smallest absolute Gasteiger partial charge is 0.191 e. The molecule has 1 heterocycles. The number of hydrogen-bond donors (Lipinski definition) is 2. The molecule has 3 aromatic rings. The van der Waals surface area contributed by atoms with Crippen molar-refractivity contribution in [2.45, 2.75) is 26.5 Å². The highest BCUT2D eigenvalue weighted by atomic mass is 16.5. The van der Waals surface area contributed by atoms with Crippen molar-refractivity contribution in [3.63, 3.8) is 0 Å². The lowest BCUT2D eigenvalue weighted by atomic mass is 10.1. The first-order valence-electron chi connectivity index (χ1n) is 9.96. The Labute approximate surface area is 172 Å². The van der Waals surface area contributed by atoms with Gasteiger partial charge in [-0.3, -0.25) is 0 Å². The third-order valence-electron chi connectivity index (χ3n) is 4.48. The fraction of sp³-hybridized carbons (Fsp3) is 0.304. The van der Waals surface area contributed by atoms with Crippen LogP contribution in [0.3, 0.4) is 0 Å². The molecule has 0 amide bonds. The van der Waals surface area contributed by atoms with Crippen LogP contribution in [0.15, 0.2) is 72.0 Å². The van der Waals surface area contributed by atoms with Crippen LogP contribution in [-0.4, -0.2) is 35.9 Å². The van der Waals surface area contributed by atoms with Gasteiger partial charge in [0.1, 0.15) is 0 Å². The van der Waals surface area contributed by atoms with Crippen LogP contribution < -0.4 is 10.6 Å². The maximum Gasteiger partial charge on any atom is 0.191 e. The zero-order chi connectivity index (χ0) is 20.3. The average Bonchev–Trinajstić information content (AvgIpc) is 3.28. The van der Waals surface area contributed by atoms with Gasteiger partial charge in [0.25, 0.3) is 0 Å². The van der Waals surface area contributed by atoms with Crippen molar-refractivity contribution in [2.24, 2.45) is 4.99 Å². The lowest BCUT2D eigenvalue weighted by molar-refractivity contribution is 0.185. The van der Waals surface area contributed by atoms with Crippen molar-refractivity contribution >= 4 is 5.96 Å². The highest BCUT2D eigenvalue weighted by Crippen LogP contribution is 2.09. The maximum atomic E-state index is 5.21. The van der Waals surface area contributed by atoms with E-state index in [4.69, 9.17) is 9.73 Å². The molecule has 6 nitrogen and oxygen atoms in total. The molecule has 0 unspecified atom stereocenters. The van der Waals surface area contributed by atoms with Crippen LogP contribution in [-0.2, 0) is 24.3 Å². The highest BCUT2D eigenvalue weighted by molar-refractivity contribution is 5.79. The minimum absolute atomic E-state index is 0.620. The van der Waals surface area contributed by atoms with E-state index in [0.717, 1.165) is 36.7 Å². The van der Waals surface area contributed by atoms with Crippen LogP contribution in [0.2, 0.25) is 0 Å². The first kappa shape index (κ1) is 20.6. The van der Waals surface area contributed by atoms with Crippen molar-refractivity contribution in [1.82, 2.24) is 20.4 Å². The first-order chi connectivity index (χ1) is 14.3. The molecule has 0 radical (unpaired) electrons. The van der Waals surface area contributed by atoms with E-state index in [1.807, 2.05) is 23.0 Å². The quantitative estimate of drug-likeness (QED) is 0.434. The molecule has 29 heavy (non-hydrogen) atoms. The summed E-state index contributed by atoms with van der Waals surface area (Å²) in [5, 5.41) is 11.0. The van der Waals surface area contributed by atoms with Gasteiger partial charge in [0.15, 0.2) is 5.96 Å². The Morgan fingerprint density at radius 3 is 2.59 bits per heavy atom. The zero-order valence-corrected chi connectivity index (χ0v) is 17.1. The molecule has 0 saturated heterocycles. The van der Waals surface area contributed by atoms with Gasteiger partial charge in [-0.05, 0) is 48.2 Å². The molecular formula is C23H29N5O. The summed E-state index contributed by atoms with van der Waals surface area (Å²) in [5.74, 6) is 0.831. The summed E-state index contributed by atoms with van der Waals surface area (Å²) in [5.41, 5.74) is 4.68. The molecule has 0 atom stereocenters. The fourth-order valence-electron chi connectivity index (χ4n) is 3.06.